The highest BCUT2D eigenvalue weighted by molar-refractivity contribution is 7.80. The van der Waals surface area contributed by atoms with Crippen molar-refractivity contribution in [1.82, 2.24) is 5.32 Å². The van der Waals surface area contributed by atoms with E-state index in [-0.39, 0.29) is 5.91 Å². The van der Waals surface area contributed by atoms with Crippen molar-refractivity contribution in [3.05, 3.63) is 12.7 Å². The van der Waals surface area contributed by atoms with E-state index < -0.39 is 0 Å². The second kappa shape index (κ2) is 18.6. The van der Waals surface area contributed by atoms with E-state index >= 15 is 0 Å². The Hall–Kier alpha value is -0.440. The summed E-state index contributed by atoms with van der Waals surface area (Å²) in [5, 5.41) is 2.82. The van der Waals surface area contributed by atoms with Crippen molar-refractivity contribution in [2.24, 2.45) is 0 Å². The Balaban J connectivity index is 3.05. The first-order chi connectivity index (χ1) is 10.8. The number of rotatable bonds is 17. The molecule has 3 heteroatoms. The van der Waals surface area contributed by atoms with Gasteiger partial charge in [-0.25, -0.2) is 0 Å². The monoisotopic (exact) mass is 327 g/mol. The lowest BCUT2D eigenvalue weighted by Gasteiger charge is -2.04. The lowest BCUT2D eigenvalue weighted by atomic mass is 10.0. The predicted molar refractivity (Wildman–Crippen MR) is 102 cm³/mol. The third kappa shape index (κ3) is 17.6. The number of hydrogen-bond donors (Lipinski definition) is 2. The molecule has 2 nitrogen and oxygen atoms in total. The molecule has 0 bridgehead atoms. The Morgan fingerprint density at radius 2 is 1.18 bits per heavy atom. The summed E-state index contributed by atoms with van der Waals surface area (Å²) in [7, 11) is 0. The van der Waals surface area contributed by atoms with Gasteiger partial charge in [-0.3, -0.25) is 4.79 Å². The average molecular weight is 328 g/mol. The summed E-state index contributed by atoms with van der Waals surface area (Å²) < 4.78 is 0. The summed E-state index contributed by atoms with van der Waals surface area (Å²) >= 11 is 4.23. The fourth-order valence-corrected chi connectivity index (χ4v) is 2.84. The van der Waals surface area contributed by atoms with Crippen LogP contribution in [-0.2, 0) is 4.79 Å². The van der Waals surface area contributed by atoms with Gasteiger partial charge in [0.1, 0.15) is 0 Å². The van der Waals surface area contributed by atoms with Crippen LogP contribution in [0.25, 0.3) is 0 Å². The van der Waals surface area contributed by atoms with E-state index in [4.69, 9.17) is 0 Å². The Kier molecular flexibility index (Phi) is 18.2. The van der Waals surface area contributed by atoms with E-state index in [2.05, 4.69) is 24.5 Å². The van der Waals surface area contributed by atoms with Crippen molar-refractivity contribution in [2.75, 3.05) is 12.3 Å². The Morgan fingerprint density at radius 1 is 0.773 bits per heavy atom. The largest absolute Gasteiger partial charge is 0.353 e. The number of hydrogen-bond acceptors (Lipinski definition) is 2. The molecule has 0 radical (unpaired) electrons. The minimum absolute atomic E-state index is 0.161. The third-order valence-electron chi connectivity index (χ3n) is 4.01. The highest BCUT2D eigenvalue weighted by Crippen LogP contribution is 2.13. The Labute approximate surface area is 143 Å². The molecule has 0 aromatic carbocycles. The van der Waals surface area contributed by atoms with Gasteiger partial charge in [0.25, 0.3) is 0 Å². The van der Waals surface area contributed by atoms with E-state index in [0.29, 0.717) is 13.0 Å². The number of amides is 1. The van der Waals surface area contributed by atoms with Crippen LogP contribution in [0.15, 0.2) is 12.7 Å². The molecule has 0 unspecified atom stereocenters. The molecule has 130 valence electrons. The molecule has 0 spiro atoms. The first-order valence-electron chi connectivity index (χ1n) is 9.29. The van der Waals surface area contributed by atoms with Gasteiger partial charge < -0.3 is 5.32 Å². The van der Waals surface area contributed by atoms with E-state index in [1.807, 2.05) is 0 Å². The van der Waals surface area contributed by atoms with Crippen LogP contribution in [0.3, 0.4) is 0 Å². The second-order valence-electron chi connectivity index (χ2n) is 6.16. The maximum atomic E-state index is 11.4. The van der Waals surface area contributed by atoms with Crippen LogP contribution in [0.5, 0.6) is 0 Å². The van der Waals surface area contributed by atoms with E-state index in [0.717, 1.165) is 12.2 Å². The number of thiol groups is 1. The number of unbranched alkanes of at least 4 members (excludes halogenated alkanes) is 12. The molecule has 0 saturated carbocycles. The van der Waals surface area contributed by atoms with Crippen molar-refractivity contribution in [1.29, 1.82) is 0 Å². The predicted octanol–water partition coefficient (Wildman–Crippen LogP) is 5.68. The topological polar surface area (TPSA) is 29.1 Å². The van der Waals surface area contributed by atoms with E-state index in [1.54, 1.807) is 6.08 Å². The van der Waals surface area contributed by atoms with Gasteiger partial charge in [-0.05, 0) is 18.6 Å². The zero-order chi connectivity index (χ0) is 16.3. The fourth-order valence-electron chi connectivity index (χ4n) is 2.62. The maximum Gasteiger partial charge on any atom is 0.220 e. The Bertz CT molecular complexity index is 256. The third-order valence-corrected chi connectivity index (χ3v) is 4.32. The van der Waals surface area contributed by atoms with Gasteiger partial charge in [0, 0.05) is 13.0 Å². The van der Waals surface area contributed by atoms with Gasteiger partial charge in [0.15, 0.2) is 0 Å². The first-order valence-corrected chi connectivity index (χ1v) is 9.93. The molecule has 22 heavy (non-hydrogen) atoms. The number of nitrogens with one attached hydrogen (secondary N) is 1. The lowest BCUT2D eigenvalue weighted by Crippen LogP contribution is -2.22. The zero-order valence-corrected chi connectivity index (χ0v) is 15.3. The maximum absolute atomic E-state index is 11.4. The molecule has 0 aliphatic carbocycles. The smallest absolute Gasteiger partial charge is 0.220 e. The van der Waals surface area contributed by atoms with E-state index in [1.165, 1.54) is 77.0 Å². The normalized spacial score (nSPS) is 10.6. The number of carbonyl (C=O) groups is 1. The van der Waals surface area contributed by atoms with Crippen LogP contribution < -0.4 is 5.32 Å². The van der Waals surface area contributed by atoms with Gasteiger partial charge in [-0.1, -0.05) is 76.7 Å². The van der Waals surface area contributed by atoms with Crippen LogP contribution >= 0.6 is 12.6 Å². The van der Waals surface area contributed by atoms with Crippen molar-refractivity contribution >= 4 is 18.5 Å². The van der Waals surface area contributed by atoms with Crippen LogP contribution in [0.4, 0.5) is 0 Å². The summed E-state index contributed by atoms with van der Waals surface area (Å²) in [6.07, 6.45) is 19.6. The van der Waals surface area contributed by atoms with Crippen LogP contribution in [0, 0.1) is 0 Å². The van der Waals surface area contributed by atoms with Crippen molar-refractivity contribution in [3.63, 3.8) is 0 Å². The molecular formula is C19H37NOS. The summed E-state index contributed by atoms with van der Waals surface area (Å²) in [5.41, 5.74) is 0. The first kappa shape index (κ1) is 21.6. The highest BCUT2D eigenvalue weighted by Gasteiger charge is 1.99. The zero-order valence-electron chi connectivity index (χ0n) is 14.5. The van der Waals surface area contributed by atoms with Crippen molar-refractivity contribution in [2.45, 2.75) is 89.9 Å². The molecular weight excluding hydrogens is 290 g/mol. The second-order valence-corrected chi connectivity index (χ2v) is 6.61. The summed E-state index contributed by atoms with van der Waals surface area (Å²) in [5.74, 6) is 1.20. The quantitative estimate of drug-likeness (QED) is 0.201. The minimum atomic E-state index is 0.161. The molecule has 0 atom stereocenters. The number of carbonyl (C=O) groups excluding carboxylic acids is 1. The lowest BCUT2D eigenvalue weighted by molar-refractivity contribution is -0.121. The molecule has 1 amide bonds. The average Bonchev–Trinajstić information content (AvgIpc) is 2.53. The fraction of sp³-hybridized carbons (Fsp3) is 0.842. The SMILES string of the molecule is C=CCNC(=O)CCCCCCCCCCCCCCCS. The summed E-state index contributed by atoms with van der Waals surface area (Å²) in [6, 6.07) is 0. The summed E-state index contributed by atoms with van der Waals surface area (Å²) in [4.78, 5) is 11.4. The highest BCUT2D eigenvalue weighted by atomic mass is 32.1. The van der Waals surface area contributed by atoms with Gasteiger partial charge in [-0.2, -0.15) is 12.6 Å². The Morgan fingerprint density at radius 3 is 1.59 bits per heavy atom. The van der Waals surface area contributed by atoms with Gasteiger partial charge in [0.05, 0.1) is 0 Å². The molecule has 0 heterocycles. The molecule has 0 aromatic heterocycles. The standard InChI is InChI=1S/C19H37NOS/c1-2-17-20-19(21)16-14-12-10-8-6-4-3-5-7-9-11-13-15-18-22/h2,22H,1,3-18H2,(H,20,21). The molecule has 0 aromatic rings. The van der Waals surface area contributed by atoms with Crippen LogP contribution in [0.1, 0.15) is 89.9 Å². The van der Waals surface area contributed by atoms with Crippen molar-refractivity contribution < 1.29 is 4.79 Å². The van der Waals surface area contributed by atoms with Gasteiger partial charge in [0.2, 0.25) is 5.91 Å². The molecule has 0 fully saturated rings. The molecule has 0 aliphatic rings. The van der Waals surface area contributed by atoms with Crippen LogP contribution in [-0.4, -0.2) is 18.2 Å². The molecule has 0 rings (SSSR count). The minimum Gasteiger partial charge on any atom is -0.353 e. The molecule has 0 saturated heterocycles. The van der Waals surface area contributed by atoms with E-state index in [9.17, 15) is 4.79 Å². The van der Waals surface area contributed by atoms with Crippen LogP contribution in [0.2, 0.25) is 0 Å². The van der Waals surface area contributed by atoms with Gasteiger partial charge in [-0.15, -0.1) is 6.58 Å². The van der Waals surface area contributed by atoms with Crippen molar-refractivity contribution in [3.8, 4) is 0 Å². The van der Waals surface area contributed by atoms with Gasteiger partial charge >= 0.3 is 0 Å². The summed E-state index contributed by atoms with van der Waals surface area (Å²) in [6.45, 7) is 4.18. The molecule has 1 N–H and O–H groups in total. The molecule has 0 aliphatic heterocycles.